The van der Waals surface area contributed by atoms with Gasteiger partial charge in [-0.05, 0) is 25.0 Å². The molecule has 0 aromatic heterocycles. The fourth-order valence-corrected chi connectivity index (χ4v) is 2.36. The van der Waals surface area contributed by atoms with Crippen LogP contribution in [0.5, 0.6) is 0 Å². The minimum absolute atomic E-state index is 0.337. The Morgan fingerprint density at radius 1 is 1.20 bits per heavy atom. The van der Waals surface area contributed by atoms with Crippen molar-refractivity contribution in [1.82, 2.24) is 0 Å². The first-order valence-corrected chi connectivity index (χ1v) is 7.26. The number of nitrogens with zero attached hydrogens (tertiary/aromatic N) is 1. The molecule has 8 heteroatoms. The molecule has 0 saturated heterocycles. The fourth-order valence-electron chi connectivity index (χ4n) is 1.89. The van der Waals surface area contributed by atoms with Crippen molar-refractivity contribution in [3.8, 4) is 0 Å². The molecule has 0 atom stereocenters. The van der Waals surface area contributed by atoms with Crippen molar-refractivity contribution in [2.24, 2.45) is 0 Å². The molecule has 0 heterocycles. The van der Waals surface area contributed by atoms with E-state index in [2.05, 4.69) is 0 Å². The summed E-state index contributed by atoms with van der Waals surface area (Å²) in [5.74, 6) is -3.43. The number of carbonyl (C=O) groups excluding carboxylic acids is 1. The summed E-state index contributed by atoms with van der Waals surface area (Å²) in [5, 5.41) is 8.87. The molecular formula is C12H15NO6S. The number of anilines is 1. The maximum atomic E-state index is 11.9. The average Bonchev–Trinajstić information content (AvgIpc) is 2.24. The molecule has 0 unspecified atom stereocenters. The Bertz CT molecular complexity index is 617. The number of para-hydroxylation sites is 1. The smallest absolute Gasteiger partial charge is 0.323 e. The van der Waals surface area contributed by atoms with Crippen molar-refractivity contribution in [2.75, 3.05) is 17.2 Å². The Morgan fingerprint density at radius 3 is 2.10 bits per heavy atom. The molecule has 0 saturated carbocycles. The van der Waals surface area contributed by atoms with Crippen LogP contribution in [-0.4, -0.2) is 42.3 Å². The van der Waals surface area contributed by atoms with E-state index in [1.807, 2.05) is 0 Å². The van der Waals surface area contributed by atoms with Crippen LogP contribution in [0.1, 0.15) is 11.1 Å². The molecule has 2 N–H and O–H groups in total. The van der Waals surface area contributed by atoms with Gasteiger partial charge in [-0.1, -0.05) is 18.2 Å². The van der Waals surface area contributed by atoms with Gasteiger partial charge in [0.2, 0.25) is 5.91 Å². The van der Waals surface area contributed by atoms with Crippen LogP contribution in [0.15, 0.2) is 18.2 Å². The normalized spacial score (nSPS) is 11.2. The number of hydrogen-bond acceptors (Lipinski definition) is 4. The van der Waals surface area contributed by atoms with Crippen LogP contribution in [0, 0.1) is 13.8 Å². The molecule has 1 amide bonds. The number of carboxylic acid groups (broad SMARTS) is 1. The van der Waals surface area contributed by atoms with Crippen molar-refractivity contribution in [3.63, 3.8) is 0 Å². The highest BCUT2D eigenvalue weighted by Crippen LogP contribution is 2.24. The van der Waals surface area contributed by atoms with E-state index in [1.54, 1.807) is 32.0 Å². The number of aliphatic carboxylic acids is 1. The highest BCUT2D eigenvalue weighted by atomic mass is 32.2. The summed E-state index contributed by atoms with van der Waals surface area (Å²) in [4.78, 5) is 23.6. The maximum absolute atomic E-state index is 11.9. The lowest BCUT2D eigenvalue weighted by Gasteiger charge is -2.24. The summed E-state index contributed by atoms with van der Waals surface area (Å²) >= 11 is 0. The SMILES string of the molecule is Cc1cccc(C)c1N(CC(=O)O)C(=O)CS(=O)(=O)O. The third-order valence-electron chi connectivity index (χ3n) is 2.61. The van der Waals surface area contributed by atoms with Crippen LogP contribution in [-0.2, 0) is 19.7 Å². The van der Waals surface area contributed by atoms with Gasteiger partial charge in [-0.15, -0.1) is 0 Å². The quantitative estimate of drug-likeness (QED) is 0.771. The van der Waals surface area contributed by atoms with E-state index in [0.717, 1.165) is 4.90 Å². The third kappa shape index (κ3) is 4.32. The zero-order valence-electron chi connectivity index (χ0n) is 11.0. The molecule has 0 aliphatic rings. The predicted molar refractivity (Wildman–Crippen MR) is 72.3 cm³/mol. The van der Waals surface area contributed by atoms with E-state index >= 15 is 0 Å². The number of hydrogen-bond donors (Lipinski definition) is 2. The number of aryl methyl sites for hydroxylation is 2. The fraction of sp³-hybridized carbons (Fsp3) is 0.333. The molecule has 0 bridgehead atoms. The van der Waals surface area contributed by atoms with Crippen LogP contribution in [0.25, 0.3) is 0 Å². The second-order valence-electron chi connectivity index (χ2n) is 4.34. The standard InChI is InChI=1S/C12H15NO6S/c1-8-4-3-5-9(2)12(8)13(6-11(15)16)10(14)7-20(17,18)19/h3-5H,6-7H2,1-2H3,(H,15,16)(H,17,18,19). The molecular weight excluding hydrogens is 286 g/mol. The molecule has 1 rings (SSSR count). The van der Waals surface area contributed by atoms with E-state index < -0.39 is 34.3 Å². The van der Waals surface area contributed by atoms with Crippen molar-refractivity contribution in [1.29, 1.82) is 0 Å². The van der Waals surface area contributed by atoms with Crippen molar-refractivity contribution >= 4 is 27.7 Å². The van der Waals surface area contributed by atoms with Crippen LogP contribution < -0.4 is 4.90 Å². The molecule has 0 aliphatic heterocycles. The van der Waals surface area contributed by atoms with Gasteiger partial charge in [-0.2, -0.15) is 8.42 Å². The van der Waals surface area contributed by atoms with E-state index in [0.29, 0.717) is 16.8 Å². The topological polar surface area (TPSA) is 112 Å². The number of carbonyl (C=O) groups is 2. The monoisotopic (exact) mass is 301 g/mol. The maximum Gasteiger partial charge on any atom is 0.323 e. The second-order valence-corrected chi connectivity index (χ2v) is 5.79. The highest BCUT2D eigenvalue weighted by Gasteiger charge is 2.25. The number of benzene rings is 1. The van der Waals surface area contributed by atoms with E-state index in [1.165, 1.54) is 0 Å². The zero-order valence-corrected chi connectivity index (χ0v) is 11.8. The van der Waals surface area contributed by atoms with Crippen molar-refractivity contribution < 1.29 is 27.7 Å². The summed E-state index contributed by atoms with van der Waals surface area (Å²) in [5.41, 5.74) is 1.61. The second kappa shape index (κ2) is 6.02. The molecule has 1 aromatic rings. The molecule has 0 radical (unpaired) electrons. The summed E-state index contributed by atoms with van der Waals surface area (Å²) in [6, 6.07) is 5.09. The Morgan fingerprint density at radius 2 is 1.70 bits per heavy atom. The molecule has 110 valence electrons. The van der Waals surface area contributed by atoms with Gasteiger partial charge in [0, 0.05) is 0 Å². The van der Waals surface area contributed by atoms with Gasteiger partial charge in [0.15, 0.2) is 5.75 Å². The first kappa shape index (κ1) is 16.1. The molecule has 0 spiro atoms. The van der Waals surface area contributed by atoms with Gasteiger partial charge in [0.1, 0.15) is 6.54 Å². The predicted octanol–water partition coefficient (Wildman–Crippen LogP) is 0.609. The molecule has 0 aliphatic carbocycles. The Kier molecular flexibility index (Phi) is 4.85. The largest absolute Gasteiger partial charge is 0.480 e. The first-order chi connectivity index (χ1) is 9.11. The van der Waals surface area contributed by atoms with Gasteiger partial charge in [0.05, 0.1) is 5.69 Å². The number of amides is 1. The van der Waals surface area contributed by atoms with Crippen LogP contribution in [0.3, 0.4) is 0 Å². The summed E-state index contributed by atoms with van der Waals surface area (Å²) in [6.45, 7) is 2.68. The van der Waals surface area contributed by atoms with Crippen LogP contribution in [0.2, 0.25) is 0 Å². The van der Waals surface area contributed by atoms with Gasteiger partial charge in [-0.3, -0.25) is 19.0 Å². The molecule has 7 nitrogen and oxygen atoms in total. The third-order valence-corrected chi connectivity index (χ3v) is 3.22. The Balaban J connectivity index is 3.26. The Hall–Kier alpha value is -1.93. The zero-order chi connectivity index (χ0) is 15.5. The molecule has 1 aromatic carbocycles. The van der Waals surface area contributed by atoms with Crippen molar-refractivity contribution in [2.45, 2.75) is 13.8 Å². The lowest BCUT2D eigenvalue weighted by Crippen LogP contribution is -2.40. The number of carboxylic acids is 1. The molecule has 20 heavy (non-hydrogen) atoms. The lowest BCUT2D eigenvalue weighted by atomic mass is 10.1. The van der Waals surface area contributed by atoms with Gasteiger partial charge >= 0.3 is 5.97 Å². The lowest BCUT2D eigenvalue weighted by molar-refractivity contribution is -0.136. The van der Waals surface area contributed by atoms with Crippen molar-refractivity contribution in [3.05, 3.63) is 29.3 Å². The summed E-state index contributed by atoms with van der Waals surface area (Å²) in [7, 11) is -4.52. The first-order valence-electron chi connectivity index (χ1n) is 5.65. The number of rotatable bonds is 5. The average molecular weight is 301 g/mol. The molecule has 0 fully saturated rings. The van der Waals surface area contributed by atoms with Crippen LogP contribution in [0.4, 0.5) is 5.69 Å². The van der Waals surface area contributed by atoms with Crippen LogP contribution >= 0.6 is 0 Å². The van der Waals surface area contributed by atoms with E-state index in [-0.39, 0.29) is 0 Å². The van der Waals surface area contributed by atoms with Gasteiger partial charge in [-0.25, -0.2) is 0 Å². The minimum atomic E-state index is -4.52. The van der Waals surface area contributed by atoms with Gasteiger partial charge < -0.3 is 5.11 Å². The van der Waals surface area contributed by atoms with Gasteiger partial charge in [0.25, 0.3) is 10.1 Å². The van der Waals surface area contributed by atoms with E-state index in [4.69, 9.17) is 9.66 Å². The highest BCUT2D eigenvalue weighted by molar-refractivity contribution is 7.86. The summed E-state index contributed by atoms with van der Waals surface area (Å²) < 4.78 is 30.3. The summed E-state index contributed by atoms with van der Waals surface area (Å²) in [6.07, 6.45) is 0. The minimum Gasteiger partial charge on any atom is -0.480 e. The van der Waals surface area contributed by atoms with E-state index in [9.17, 15) is 18.0 Å². The Labute approximate surface area is 116 Å².